The molecule has 3 aromatic rings. The lowest BCUT2D eigenvalue weighted by Crippen LogP contribution is -2.43. The summed E-state index contributed by atoms with van der Waals surface area (Å²) >= 11 is 1.74. The highest BCUT2D eigenvalue weighted by atomic mass is 32.2. The van der Waals surface area contributed by atoms with Crippen LogP contribution in [-0.4, -0.2) is 42.1 Å². The summed E-state index contributed by atoms with van der Waals surface area (Å²) in [5.41, 5.74) is 0.740. The van der Waals surface area contributed by atoms with Gasteiger partial charge in [-0.15, -0.1) is 0 Å². The first kappa shape index (κ1) is 20.5. The van der Waals surface area contributed by atoms with Crippen LogP contribution in [0.15, 0.2) is 65.3 Å². The molecule has 30 heavy (non-hydrogen) atoms. The fourth-order valence-electron chi connectivity index (χ4n) is 3.89. The third-order valence-corrected chi connectivity index (χ3v) is 6.52. The number of likely N-dealkylation sites (tertiary alicyclic amines) is 1. The molecule has 1 aliphatic rings. The van der Waals surface area contributed by atoms with E-state index in [9.17, 15) is 9.59 Å². The van der Waals surface area contributed by atoms with E-state index in [0.717, 1.165) is 33.6 Å². The second-order valence-electron chi connectivity index (χ2n) is 7.52. The molecule has 0 unspecified atom stereocenters. The van der Waals surface area contributed by atoms with E-state index in [1.165, 1.54) is 0 Å². The van der Waals surface area contributed by atoms with Crippen LogP contribution in [-0.2, 0) is 10.5 Å². The van der Waals surface area contributed by atoms with E-state index in [4.69, 9.17) is 4.42 Å². The number of nitrogens with one attached hydrogen (secondary N) is 1. The van der Waals surface area contributed by atoms with Crippen molar-refractivity contribution in [3.8, 4) is 0 Å². The molecule has 5 nitrogen and oxygen atoms in total. The van der Waals surface area contributed by atoms with Crippen molar-refractivity contribution >= 4 is 34.3 Å². The van der Waals surface area contributed by atoms with Gasteiger partial charge in [-0.2, -0.15) is 11.8 Å². The molecule has 0 atom stereocenters. The van der Waals surface area contributed by atoms with Gasteiger partial charge < -0.3 is 14.6 Å². The minimum atomic E-state index is -0.0170. The Balaban J connectivity index is 1.23. The summed E-state index contributed by atoms with van der Waals surface area (Å²) < 4.78 is 5.30. The van der Waals surface area contributed by atoms with Crippen molar-refractivity contribution in [2.45, 2.75) is 18.6 Å². The zero-order valence-electron chi connectivity index (χ0n) is 16.9. The molecule has 0 bridgehead atoms. The van der Waals surface area contributed by atoms with Crippen molar-refractivity contribution in [3.05, 3.63) is 72.2 Å². The number of hydrogen-bond donors (Lipinski definition) is 1. The number of rotatable bonds is 7. The summed E-state index contributed by atoms with van der Waals surface area (Å²) in [7, 11) is 0. The lowest BCUT2D eigenvalue weighted by Gasteiger charge is -2.31. The number of benzene rings is 2. The molecule has 2 aromatic carbocycles. The average Bonchev–Trinajstić information content (AvgIpc) is 3.31. The van der Waals surface area contributed by atoms with Crippen LogP contribution < -0.4 is 5.32 Å². The number of furan rings is 1. The van der Waals surface area contributed by atoms with E-state index in [0.29, 0.717) is 32.5 Å². The number of amides is 2. The van der Waals surface area contributed by atoms with Crippen molar-refractivity contribution in [2.75, 3.05) is 25.4 Å². The standard InChI is InChI=1S/C24H26N2O3S/c27-23(25-12-16-30-17-20-7-4-15-29-20)19-10-13-26(14-11-19)24(28)22-9-3-6-18-5-1-2-8-21(18)22/h1-9,15,19H,10-14,16-17H2,(H,25,27). The Morgan fingerprint density at radius 1 is 1.03 bits per heavy atom. The van der Waals surface area contributed by atoms with Crippen molar-refractivity contribution in [1.29, 1.82) is 0 Å². The van der Waals surface area contributed by atoms with Gasteiger partial charge in [0, 0.05) is 36.9 Å². The first-order chi connectivity index (χ1) is 14.7. The lowest BCUT2D eigenvalue weighted by atomic mass is 9.95. The maximum atomic E-state index is 13.0. The van der Waals surface area contributed by atoms with Gasteiger partial charge in [-0.05, 0) is 41.8 Å². The molecule has 1 saturated heterocycles. The molecule has 1 aliphatic heterocycles. The van der Waals surface area contributed by atoms with Crippen LogP contribution in [0.1, 0.15) is 29.0 Å². The maximum absolute atomic E-state index is 13.0. The molecule has 2 amide bonds. The van der Waals surface area contributed by atoms with E-state index in [-0.39, 0.29) is 17.7 Å². The largest absolute Gasteiger partial charge is 0.468 e. The van der Waals surface area contributed by atoms with Gasteiger partial charge in [-0.25, -0.2) is 0 Å². The third-order valence-electron chi connectivity index (χ3n) is 5.54. The van der Waals surface area contributed by atoms with Crippen molar-refractivity contribution in [1.82, 2.24) is 10.2 Å². The SMILES string of the molecule is O=C(NCCSCc1ccco1)C1CCN(C(=O)c2cccc3ccccc23)CC1. The fourth-order valence-corrected chi connectivity index (χ4v) is 4.64. The first-order valence-electron chi connectivity index (χ1n) is 10.4. The van der Waals surface area contributed by atoms with Crippen LogP contribution >= 0.6 is 11.8 Å². The quantitative estimate of drug-likeness (QED) is 0.576. The van der Waals surface area contributed by atoms with Crippen LogP contribution in [0.25, 0.3) is 10.8 Å². The average molecular weight is 423 g/mol. The smallest absolute Gasteiger partial charge is 0.254 e. The predicted octanol–water partition coefficient (Wildman–Crippen LogP) is 4.33. The molecule has 1 N–H and O–H groups in total. The minimum absolute atomic E-state index is 0.0170. The van der Waals surface area contributed by atoms with Gasteiger partial charge in [0.2, 0.25) is 5.91 Å². The fraction of sp³-hybridized carbons (Fsp3) is 0.333. The number of fused-ring (bicyclic) bond motifs is 1. The van der Waals surface area contributed by atoms with Crippen molar-refractivity contribution < 1.29 is 14.0 Å². The van der Waals surface area contributed by atoms with Gasteiger partial charge in [0.25, 0.3) is 5.91 Å². The van der Waals surface area contributed by atoms with Crippen LogP contribution in [0.5, 0.6) is 0 Å². The molecule has 1 fully saturated rings. The highest BCUT2D eigenvalue weighted by Crippen LogP contribution is 2.23. The molecule has 0 spiro atoms. The Morgan fingerprint density at radius 2 is 1.83 bits per heavy atom. The van der Waals surface area contributed by atoms with Crippen LogP contribution in [0, 0.1) is 5.92 Å². The molecule has 1 aromatic heterocycles. The monoisotopic (exact) mass is 422 g/mol. The Hall–Kier alpha value is -2.73. The van der Waals surface area contributed by atoms with Crippen molar-refractivity contribution in [2.24, 2.45) is 5.92 Å². The Labute approximate surface area is 180 Å². The summed E-state index contributed by atoms with van der Waals surface area (Å²) in [6.07, 6.45) is 3.10. The summed E-state index contributed by atoms with van der Waals surface area (Å²) in [6.45, 7) is 1.89. The predicted molar refractivity (Wildman–Crippen MR) is 120 cm³/mol. The molecule has 0 saturated carbocycles. The molecule has 0 aliphatic carbocycles. The maximum Gasteiger partial charge on any atom is 0.254 e. The second-order valence-corrected chi connectivity index (χ2v) is 8.62. The zero-order valence-corrected chi connectivity index (χ0v) is 17.7. The van der Waals surface area contributed by atoms with E-state index in [1.807, 2.05) is 59.5 Å². The van der Waals surface area contributed by atoms with Gasteiger partial charge in [-0.3, -0.25) is 9.59 Å². The van der Waals surface area contributed by atoms with E-state index in [2.05, 4.69) is 5.32 Å². The van der Waals surface area contributed by atoms with Crippen LogP contribution in [0.3, 0.4) is 0 Å². The van der Waals surface area contributed by atoms with Crippen LogP contribution in [0.2, 0.25) is 0 Å². The topological polar surface area (TPSA) is 62.6 Å². The van der Waals surface area contributed by atoms with E-state index >= 15 is 0 Å². The molecular formula is C24H26N2O3S. The molecule has 2 heterocycles. The number of carbonyl (C=O) groups is 2. The normalized spacial score (nSPS) is 14.7. The molecular weight excluding hydrogens is 396 g/mol. The second kappa shape index (κ2) is 9.85. The van der Waals surface area contributed by atoms with Gasteiger partial charge in [0.1, 0.15) is 5.76 Å². The van der Waals surface area contributed by atoms with Gasteiger partial charge in [-0.1, -0.05) is 36.4 Å². The lowest BCUT2D eigenvalue weighted by molar-refractivity contribution is -0.126. The summed E-state index contributed by atoms with van der Waals surface area (Å²) in [6, 6.07) is 17.6. The summed E-state index contributed by atoms with van der Waals surface area (Å²) in [5.74, 6) is 2.76. The summed E-state index contributed by atoms with van der Waals surface area (Å²) in [4.78, 5) is 27.4. The summed E-state index contributed by atoms with van der Waals surface area (Å²) in [5, 5.41) is 5.09. The highest BCUT2D eigenvalue weighted by molar-refractivity contribution is 7.98. The number of piperidine rings is 1. The number of nitrogens with zero attached hydrogens (tertiary/aromatic N) is 1. The molecule has 0 radical (unpaired) electrons. The molecule has 6 heteroatoms. The highest BCUT2D eigenvalue weighted by Gasteiger charge is 2.28. The van der Waals surface area contributed by atoms with E-state index in [1.54, 1.807) is 18.0 Å². The van der Waals surface area contributed by atoms with Crippen molar-refractivity contribution in [3.63, 3.8) is 0 Å². The zero-order chi connectivity index (χ0) is 20.8. The molecule has 4 rings (SSSR count). The first-order valence-corrected chi connectivity index (χ1v) is 11.5. The Bertz CT molecular complexity index is 989. The Morgan fingerprint density at radius 3 is 2.63 bits per heavy atom. The number of thioether (sulfide) groups is 1. The van der Waals surface area contributed by atoms with Gasteiger partial charge >= 0.3 is 0 Å². The molecule has 156 valence electrons. The van der Waals surface area contributed by atoms with Crippen LogP contribution in [0.4, 0.5) is 0 Å². The Kier molecular flexibility index (Phi) is 6.74. The number of carbonyl (C=O) groups excluding carboxylic acids is 2. The van der Waals surface area contributed by atoms with E-state index < -0.39 is 0 Å². The minimum Gasteiger partial charge on any atom is -0.468 e. The number of hydrogen-bond acceptors (Lipinski definition) is 4. The van der Waals surface area contributed by atoms with Gasteiger partial charge in [0.15, 0.2) is 0 Å². The third kappa shape index (κ3) is 4.87. The van der Waals surface area contributed by atoms with Gasteiger partial charge in [0.05, 0.1) is 12.0 Å².